The van der Waals surface area contributed by atoms with Gasteiger partial charge in [-0.15, -0.1) is 0 Å². The Morgan fingerprint density at radius 2 is 1.36 bits per heavy atom. The maximum Gasteiger partial charge on any atom is 0.338 e. The van der Waals surface area contributed by atoms with Crippen molar-refractivity contribution < 1.29 is 46.7 Å². The van der Waals surface area contributed by atoms with Crippen molar-refractivity contribution in [2.24, 2.45) is 0 Å². The molecule has 0 spiro atoms. The third-order valence-electron chi connectivity index (χ3n) is 8.72. The van der Waals surface area contributed by atoms with Gasteiger partial charge in [0, 0.05) is 16.8 Å². The Morgan fingerprint density at radius 3 is 1.98 bits per heavy atom. The lowest BCUT2D eigenvalue weighted by molar-refractivity contribution is -0.368. The van der Waals surface area contributed by atoms with Crippen LogP contribution in [0.2, 0.25) is 0 Å². The topological polar surface area (TPSA) is 131 Å². The Hall–Kier alpha value is -5.81. The van der Waals surface area contributed by atoms with Crippen LogP contribution in [0, 0.1) is 0 Å². The van der Waals surface area contributed by atoms with Crippen LogP contribution in [0.1, 0.15) is 36.2 Å². The van der Waals surface area contributed by atoms with Gasteiger partial charge in [0.05, 0.1) is 12.1 Å². The molecule has 11 heteroatoms. The van der Waals surface area contributed by atoms with Crippen molar-refractivity contribution in [3.8, 4) is 22.6 Å². The molecule has 0 saturated heterocycles. The SMILES string of the molecule is C.C=CCOc1ccc2ccccc2c1-c1c(OCC(=O)N[C@H](CCC[NH3+])C(=O)Nc2cccc(C(=O)OCc3ccccc3)c2)ccc2ccccc12.S.[Cl-]. The molecule has 0 heterocycles. The number of nitrogens with one attached hydrogen (secondary N) is 2. The summed E-state index contributed by atoms with van der Waals surface area (Å²) in [6.45, 7) is 4.51. The van der Waals surface area contributed by atoms with Crippen molar-refractivity contribution in [3.63, 3.8) is 0 Å². The highest BCUT2D eigenvalue weighted by atomic mass is 35.5. The van der Waals surface area contributed by atoms with E-state index in [9.17, 15) is 14.4 Å². The Kier molecular flexibility index (Phi) is 17.5. The second-order valence-electron chi connectivity index (χ2n) is 12.5. The van der Waals surface area contributed by atoms with Crippen LogP contribution in [-0.2, 0) is 20.9 Å². The highest BCUT2D eigenvalue weighted by Gasteiger charge is 2.23. The minimum atomic E-state index is -0.866. The van der Waals surface area contributed by atoms with Crippen molar-refractivity contribution >= 4 is 58.5 Å². The summed E-state index contributed by atoms with van der Waals surface area (Å²) < 4.78 is 17.9. The number of hydrogen-bond donors (Lipinski definition) is 3. The number of quaternary nitrogens is 1. The minimum Gasteiger partial charge on any atom is -1.00 e. The summed E-state index contributed by atoms with van der Waals surface area (Å²) in [5.74, 6) is -0.249. The third-order valence-corrected chi connectivity index (χ3v) is 8.72. The van der Waals surface area contributed by atoms with E-state index in [4.69, 9.17) is 14.2 Å². The van der Waals surface area contributed by atoms with Gasteiger partial charge in [0.15, 0.2) is 6.61 Å². The zero-order valence-corrected chi connectivity index (χ0v) is 32.0. The quantitative estimate of drug-likeness (QED) is 0.0949. The zero-order valence-electron chi connectivity index (χ0n) is 30.3. The highest BCUT2D eigenvalue weighted by Crippen LogP contribution is 2.45. The van der Waals surface area contributed by atoms with Gasteiger partial charge in [0.1, 0.15) is 30.8 Å². The van der Waals surface area contributed by atoms with Gasteiger partial charge in [-0.2, -0.15) is 13.5 Å². The average Bonchev–Trinajstić information content (AvgIpc) is 3.20. The van der Waals surface area contributed by atoms with E-state index in [0.29, 0.717) is 48.7 Å². The second kappa shape index (κ2) is 21.9. The molecule has 0 bridgehead atoms. The Bertz CT molecular complexity index is 2250. The summed E-state index contributed by atoms with van der Waals surface area (Å²) >= 11 is 0. The Balaban J connectivity index is 0.00000280. The molecule has 5 N–H and O–H groups in total. The van der Waals surface area contributed by atoms with Gasteiger partial charge in [0.2, 0.25) is 5.91 Å². The molecule has 0 unspecified atom stereocenters. The Labute approximate surface area is 341 Å². The van der Waals surface area contributed by atoms with Crippen LogP contribution in [-0.4, -0.2) is 43.6 Å². The fourth-order valence-corrected chi connectivity index (χ4v) is 6.16. The van der Waals surface area contributed by atoms with Gasteiger partial charge >= 0.3 is 5.97 Å². The Morgan fingerprint density at radius 1 is 0.750 bits per heavy atom. The van der Waals surface area contributed by atoms with Crippen LogP contribution < -0.4 is 38.2 Å². The molecule has 6 aromatic rings. The first-order valence-electron chi connectivity index (χ1n) is 17.6. The molecule has 0 saturated carbocycles. The van der Waals surface area contributed by atoms with Gasteiger partial charge in [-0.1, -0.05) is 117 Å². The molecular weight excluding hydrogens is 746 g/mol. The van der Waals surface area contributed by atoms with Crippen LogP contribution in [0.3, 0.4) is 0 Å². The molecule has 0 aliphatic heterocycles. The number of amides is 2. The van der Waals surface area contributed by atoms with E-state index >= 15 is 0 Å². The molecule has 56 heavy (non-hydrogen) atoms. The second-order valence-corrected chi connectivity index (χ2v) is 12.5. The molecule has 292 valence electrons. The number of ether oxygens (including phenoxy) is 3. The normalized spacial score (nSPS) is 10.8. The van der Waals surface area contributed by atoms with Gasteiger partial charge in [-0.05, 0) is 70.3 Å². The summed E-state index contributed by atoms with van der Waals surface area (Å²) in [7, 11) is 0. The number of esters is 1. The molecule has 9 nitrogen and oxygen atoms in total. The molecule has 0 aromatic heterocycles. The lowest BCUT2D eigenvalue weighted by Crippen LogP contribution is -3.00. The van der Waals surface area contributed by atoms with Crippen LogP contribution in [0.5, 0.6) is 11.5 Å². The molecule has 0 aliphatic rings. The van der Waals surface area contributed by atoms with E-state index in [2.05, 4.69) is 22.9 Å². The first-order valence-corrected chi connectivity index (χ1v) is 17.6. The maximum atomic E-state index is 13.5. The summed E-state index contributed by atoms with van der Waals surface area (Å²) in [6, 6.07) is 38.8. The van der Waals surface area contributed by atoms with E-state index < -0.39 is 23.8 Å². The van der Waals surface area contributed by atoms with Gasteiger partial charge in [-0.3, -0.25) is 9.59 Å². The average molecular weight is 794 g/mol. The number of carbonyl (C=O) groups is 3. The van der Waals surface area contributed by atoms with Crippen LogP contribution in [0.4, 0.5) is 5.69 Å². The van der Waals surface area contributed by atoms with Gasteiger partial charge in [-0.25, -0.2) is 4.79 Å². The van der Waals surface area contributed by atoms with Crippen molar-refractivity contribution in [1.29, 1.82) is 0 Å². The summed E-state index contributed by atoms with van der Waals surface area (Å²) in [4.78, 5) is 39.8. The highest BCUT2D eigenvalue weighted by molar-refractivity contribution is 7.59. The number of carbonyl (C=O) groups excluding carboxylic acids is 3. The maximum absolute atomic E-state index is 13.5. The summed E-state index contributed by atoms with van der Waals surface area (Å²) in [6.07, 6.45) is 2.67. The first-order chi connectivity index (χ1) is 25.9. The molecule has 1 atom stereocenters. The van der Waals surface area contributed by atoms with E-state index in [-0.39, 0.29) is 46.5 Å². The standard InChI is InChI=1S/C44H41N3O6.CH4.ClH.H2S/c1-2-26-51-38-23-21-31-14-6-8-18-35(31)41(38)42-36-19-9-7-15-32(36)22-24-39(42)52-29-40(48)47-37(20-11-25-45)43(49)46-34-17-10-16-33(27-34)44(50)53-28-30-12-4-3-5-13-30;;;/h2-10,12-19,21-24,27,37H,1,11,20,25-26,28-29,45H2,(H,46,49)(H,47,48);1H4;1H;1H2/t37-;;;/m1.../s1. The van der Waals surface area contributed by atoms with Crippen molar-refractivity contribution in [2.45, 2.75) is 32.9 Å². The van der Waals surface area contributed by atoms with Crippen LogP contribution >= 0.6 is 13.5 Å². The third kappa shape index (κ3) is 11.1. The molecule has 0 aliphatic carbocycles. The summed E-state index contributed by atoms with van der Waals surface area (Å²) in [5.41, 5.74) is 7.10. The monoisotopic (exact) mass is 793 g/mol. The minimum absolute atomic E-state index is 0. The fourth-order valence-electron chi connectivity index (χ4n) is 6.16. The molecule has 0 fully saturated rings. The van der Waals surface area contributed by atoms with Gasteiger partial charge in [0.25, 0.3) is 5.91 Å². The number of fused-ring (bicyclic) bond motifs is 2. The van der Waals surface area contributed by atoms with Crippen LogP contribution in [0.15, 0.2) is 140 Å². The number of hydrogen-bond acceptors (Lipinski definition) is 6. The predicted octanol–water partition coefficient (Wildman–Crippen LogP) is 4.86. The number of halogens is 1. The first kappa shape index (κ1) is 44.6. The van der Waals surface area contributed by atoms with Crippen molar-refractivity contribution in [3.05, 3.63) is 151 Å². The summed E-state index contributed by atoms with van der Waals surface area (Å²) in [5, 5.41) is 9.63. The molecule has 0 radical (unpaired) electrons. The molecule has 2 amide bonds. The van der Waals surface area contributed by atoms with Crippen molar-refractivity contribution in [1.82, 2.24) is 5.32 Å². The zero-order chi connectivity index (χ0) is 37.0. The number of benzene rings is 6. The lowest BCUT2D eigenvalue weighted by Gasteiger charge is -2.21. The number of anilines is 1. The smallest absolute Gasteiger partial charge is 0.338 e. The van der Waals surface area contributed by atoms with Gasteiger partial charge < -0.3 is 43.0 Å². The molecule has 6 rings (SSSR count). The predicted molar refractivity (Wildman–Crippen MR) is 225 cm³/mol. The molecule has 6 aromatic carbocycles. The van der Waals surface area contributed by atoms with E-state index in [1.807, 2.05) is 103 Å². The fraction of sp³-hybridized carbons (Fsp3) is 0.178. The lowest BCUT2D eigenvalue weighted by atomic mass is 9.92. The molecular formula is C45H48ClN3O6S. The van der Waals surface area contributed by atoms with E-state index in [1.54, 1.807) is 30.3 Å². The van der Waals surface area contributed by atoms with Crippen molar-refractivity contribution in [2.75, 3.05) is 25.1 Å². The largest absolute Gasteiger partial charge is 1.00 e. The van der Waals surface area contributed by atoms with E-state index in [0.717, 1.165) is 38.2 Å². The number of rotatable bonds is 16. The van der Waals surface area contributed by atoms with Crippen LogP contribution in [0.25, 0.3) is 32.7 Å². The van der Waals surface area contributed by atoms with E-state index in [1.165, 1.54) is 0 Å².